The van der Waals surface area contributed by atoms with Crippen molar-refractivity contribution in [2.75, 3.05) is 35.6 Å². The van der Waals surface area contributed by atoms with Crippen LogP contribution >= 0.6 is 0 Å². The molecule has 0 saturated heterocycles. The number of nitrogens with one attached hydrogen (secondary N) is 3. The Bertz CT molecular complexity index is 272. The minimum Gasteiger partial charge on any atom is -0.385 e. The van der Waals surface area contributed by atoms with Crippen molar-refractivity contribution in [1.29, 1.82) is 0 Å². The molecule has 0 unspecified atom stereocenters. The molecule has 0 aliphatic heterocycles. The zero-order chi connectivity index (χ0) is 13.2. The molecule has 0 bridgehead atoms. The maximum absolute atomic E-state index is 3.45. The number of benzene rings is 1. The van der Waals surface area contributed by atoms with Crippen LogP contribution in [-0.4, -0.2) is 19.6 Å². The fraction of sp³-hybridized carbons (Fsp3) is 0.600. The monoisotopic (exact) mass is 249 g/mol. The van der Waals surface area contributed by atoms with E-state index in [1.165, 1.54) is 17.1 Å². The van der Waals surface area contributed by atoms with Crippen LogP contribution in [-0.2, 0) is 0 Å². The molecule has 0 aromatic heterocycles. The number of rotatable bonds is 9. The second-order valence-corrected chi connectivity index (χ2v) is 4.58. The minimum atomic E-state index is 1.02. The first-order valence-corrected chi connectivity index (χ1v) is 7.16. The molecular formula is C15H27N3. The molecule has 0 atom stereocenters. The summed E-state index contributed by atoms with van der Waals surface area (Å²) in [6, 6.07) is 6.55. The number of hydrogen-bond donors (Lipinski definition) is 3. The maximum Gasteiger partial charge on any atom is 0.0381 e. The van der Waals surface area contributed by atoms with E-state index < -0.39 is 0 Å². The first-order valence-electron chi connectivity index (χ1n) is 7.16. The van der Waals surface area contributed by atoms with Gasteiger partial charge in [0.15, 0.2) is 0 Å². The minimum absolute atomic E-state index is 1.02. The molecule has 0 amide bonds. The molecule has 0 heterocycles. The Labute approximate surface area is 111 Å². The lowest BCUT2D eigenvalue weighted by molar-refractivity contribution is 0.968. The van der Waals surface area contributed by atoms with E-state index in [-0.39, 0.29) is 0 Å². The van der Waals surface area contributed by atoms with E-state index in [1.807, 2.05) is 0 Å². The van der Waals surface area contributed by atoms with Gasteiger partial charge >= 0.3 is 0 Å². The topological polar surface area (TPSA) is 36.1 Å². The third kappa shape index (κ3) is 5.30. The molecule has 3 nitrogen and oxygen atoms in total. The van der Waals surface area contributed by atoms with Crippen LogP contribution in [0.5, 0.6) is 0 Å². The highest BCUT2D eigenvalue weighted by Gasteiger charge is 2.00. The summed E-state index contributed by atoms with van der Waals surface area (Å²) in [5, 5.41) is 10.3. The maximum atomic E-state index is 3.45. The van der Waals surface area contributed by atoms with Gasteiger partial charge in [-0.3, -0.25) is 0 Å². The van der Waals surface area contributed by atoms with E-state index in [9.17, 15) is 0 Å². The Balaban J connectivity index is 2.74. The highest BCUT2D eigenvalue weighted by molar-refractivity contribution is 5.67. The Morgan fingerprint density at radius 1 is 0.611 bits per heavy atom. The van der Waals surface area contributed by atoms with Crippen molar-refractivity contribution in [1.82, 2.24) is 0 Å². The number of anilines is 3. The van der Waals surface area contributed by atoms with Gasteiger partial charge in [0.1, 0.15) is 0 Å². The first kappa shape index (κ1) is 14.7. The van der Waals surface area contributed by atoms with Crippen LogP contribution in [0.15, 0.2) is 18.2 Å². The average Bonchev–Trinajstić information content (AvgIpc) is 2.40. The number of hydrogen-bond acceptors (Lipinski definition) is 3. The van der Waals surface area contributed by atoms with Crippen LogP contribution in [0, 0.1) is 0 Å². The van der Waals surface area contributed by atoms with Crippen LogP contribution in [0.2, 0.25) is 0 Å². The molecular weight excluding hydrogens is 222 g/mol. The molecule has 0 aliphatic rings. The smallest absolute Gasteiger partial charge is 0.0381 e. The van der Waals surface area contributed by atoms with Crippen molar-refractivity contribution in [2.45, 2.75) is 40.0 Å². The van der Waals surface area contributed by atoms with Crippen molar-refractivity contribution >= 4 is 17.1 Å². The third-order valence-corrected chi connectivity index (χ3v) is 2.67. The molecule has 0 aliphatic carbocycles. The third-order valence-electron chi connectivity index (χ3n) is 2.67. The summed E-state index contributed by atoms with van der Waals surface area (Å²) in [5.41, 5.74) is 3.57. The summed E-state index contributed by atoms with van der Waals surface area (Å²) in [7, 11) is 0. The highest BCUT2D eigenvalue weighted by atomic mass is 14.9. The molecule has 0 radical (unpaired) electrons. The normalized spacial score (nSPS) is 10.2. The van der Waals surface area contributed by atoms with Gasteiger partial charge in [-0.15, -0.1) is 0 Å². The second-order valence-electron chi connectivity index (χ2n) is 4.58. The van der Waals surface area contributed by atoms with Gasteiger partial charge in [0.25, 0.3) is 0 Å². The molecule has 3 N–H and O–H groups in total. The lowest BCUT2D eigenvalue weighted by Gasteiger charge is -2.13. The molecule has 0 fully saturated rings. The fourth-order valence-corrected chi connectivity index (χ4v) is 1.74. The standard InChI is InChI=1S/C15H27N3/c1-4-7-16-13-10-14(17-8-5-2)12-15(11-13)18-9-6-3/h10-12,16-18H,4-9H2,1-3H3. The summed E-state index contributed by atoms with van der Waals surface area (Å²) < 4.78 is 0. The van der Waals surface area contributed by atoms with Crippen molar-refractivity contribution < 1.29 is 0 Å². The lowest BCUT2D eigenvalue weighted by atomic mass is 10.2. The van der Waals surface area contributed by atoms with E-state index >= 15 is 0 Å². The van der Waals surface area contributed by atoms with Gasteiger partial charge in [-0.2, -0.15) is 0 Å². The largest absolute Gasteiger partial charge is 0.385 e. The van der Waals surface area contributed by atoms with Crippen molar-refractivity contribution in [2.24, 2.45) is 0 Å². The molecule has 18 heavy (non-hydrogen) atoms. The SMILES string of the molecule is CCCNc1cc(NCCC)cc(NCCC)c1. The Morgan fingerprint density at radius 2 is 0.889 bits per heavy atom. The fourth-order valence-electron chi connectivity index (χ4n) is 1.74. The summed E-state index contributed by atoms with van der Waals surface area (Å²) in [6.07, 6.45) is 3.43. The zero-order valence-electron chi connectivity index (χ0n) is 12.0. The molecule has 0 saturated carbocycles. The lowest BCUT2D eigenvalue weighted by Crippen LogP contribution is -2.06. The Hall–Kier alpha value is -1.38. The first-order chi connectivity index (χ1) is 8.80. The van der Waals surface area contributed by atoms with Gasteiger partial charge < -0.3 is 16.0 Å². The quantitative estimate of drug-likeness (QED) is 0.615. The molecule has 0 spiro atoms. The molecule has 3 heteroatoms. The zero-order valence-corrected chi connectivity index (χ0v) is 12.0. The average molecular weight is 249 g/mol. The van der Waals surface area contributed by atoms with E-state index in [0.717, 1.165) is 38.9 Å². The van der Waals surface area contributed by atoms with Gasteiger partial charge in [-0.1, -0.05) is 20.8 Å². The predicted octanol–water partition coefficient (Wildman–Crippen LogP) is 4.15. The van der Waals surface area contributed by atoms with Gasteiger partial charge in [0, 0.05) is 36.7 Å². The second kappa shape index (κ2) is 8.67. The van der Waals surface area contributed by atoms with Crippen molar-refractivity contribution in [3.63, 3.8) is 0 Å². The van der Waals surface area contributed by atoms with Crippen LogP contribution in [0.1, 0.15) is 40.0 Å². The van der Waals surface area contributed by atoms with E-state index in [2.05, 4.69) is 54.9 Å². The Kier molecular flexibility index (Phi) is 7.07. The summed E-state index contributed by atoms with van der Waals surface area (Å²) in [5.74, 6) is 0. The molecule has 1 aromatic carbocycles. The summed E-state index contributed by atoms with van der Waals surface area (Å²) >= 11 is 0. The van der Waals surface area contributed by atoms with Gasteiger partial charge in [0.05, 0.1) is 0 Å². The van der Waals surface area contributed by atoms with Gasteiger partial charge in [-0.25, -0.2) is 0 Å². The van der Waals surface area contributed by atoms with Crippen LogP contribution in [0.25, 0.3) is 0 Å². The van der Waals surface area contributed by atoms with Crippen LogP contribution in [0.3, 0.4) is 0 Å². The van der Waals surface area contributed by atoms with Gasteiger partial charge in [-0.05, 0) is 37.5 Å². The van der Waals surface area contributed by atoms with Crippen LogP contribution < -0.4 is 16.0 Å². The van der Waals surface area contributed by atoms with Crippen molar-refractivity contribution in [3.8, 4) is 0 Å². The van der Waals surface area contributed by atoms with E-state index in [4.69, 9.17) is 0 Å². The summed E-state index contributed by atoms with van der Waals surface area (Å²) in [6.45, 7) is 9.60. The van der Waals surface area contributed by atoms with Crippen molar-refractivity contribution in [3.05, 3.63) is 18.2 Å². The molecule has 102 valence electrons. The summed E-state index contributed by atoms with van der Waals surface area (Å²) in [4.78, 5) is 0. The predicted molar refractivity (Wildman–Crippen MR) is 82.8 cm³/mol. The van der Waals surface area contributed by atoms with E-state index in [0.29, 0.717) is 0 Å². The van der Waals surface area contributed by atoms with E-state index in [1.54, 1.807) is 0 Å². The molecule has 1 rings (SSSR count). The Morgan fingerprint density at radius 3 is 1.11 bits per heavy atom. The van der Waals surface area contributed by atoms with Crippen LogP contribution in [0.4, 0.5) is 17.1 Å². The molecule has 1 aromatic rings. The highest BCUT2D eigenvalue weighted by Crippen LogP contribution is 2.23. The van der Waals surface area contributed by atoms with Gasteiger partial charge in [0.2, 0.25) is 0 Å².